The number of aliphatic hydroxyl groups is 6. The third kappa shape index (κ3) is 7.76. The van der Waals surface area contributed by atoms with Crippen LogP contribution in [0.1, 0.15) is 86.1 Å². The van der Waals surface area contributed by atoms with Crippen molar-refractivity contribution >= 4 is 41.0 Å². The van der Waals surface area contributed by atoms with Gasteiger partial charge in [-0.1, -0.05) is 35.9 Å². The van der Waals surface area contributed by atoms with Gasteiger partial charge in [0.05, 0.1) is 42.0 Å². The van der Waals surface area contributed by atoms with Gasteiger partial charge < -0.3 is 75.0 Å². The molecule has 7 rings (SSSR count). The highest BCUT2D eigenvalue weighted by Crippen LogP contribution is 2.52. The predicted molar refractivity (Wildman–Crippen MR) is 206 cm³/mol. The number of aliphatic hydroxyl groups excluding tert-OH is 5. The van der Waals surface area contributed by atoms with E-state index in [2.05, 4.69) is 5.32 Å². The van der Waals surface area contributed by atoms with Gasteiger partial charge in [-0.2, -0.15) is 0 Å². The van der Waals surface area contributed by atoms with Gasteiger partial charge in [0.2, 0.25) is 5.78 Å². The number of hydrogen-bond acceptors (Lipinski definition) is 18. The number of carbonyl (C=O) groups excluding carboxylic acids is 4. The molecule has 0 spiro atoms. The number of carboxylic acids is 1. The van der Waals surface area contributed by atoms with Gasteiger partial charge in [0.1, 0.15) is 66.6 Å². The number of methoxy groups -OCH3 is 1. The molecule has 2 aliphatic carbocycles. The zero-order valence-electron chi connectivity index (χ0n) is 32.8. The molecule has 2 heterocycles. The summed E-state index contributed by atoms with van der Waals surface area (Å²) in [6, 6.07) is 7.18. The molecule has 21 heteroatoms. The average Bonchev–Trinajstić information content (AvgIpc) is 3.23. The SMILES string of the molecule is COc1cccc2c1C(=O)c1c(O)c3c(c(O)c1C2=O)C[C@@](O)(C(=O)CO)C[C@@H]3O[C@H]1C[C@H](NC(=O)OCc2ccc([C@@H]3O[C@H](C(=O)O)[C@@H](O)[C@H](O)[C@H]3O)c(Cl)c2)[C@H](O)[C@H](C)O1. The lowest BCUT2D eigenvalue weighted by molar-refractivity contribution is -0.249. The Morgan fingerprint density at radius 3 is 2.31 bits per heavy atom. The molecule has 0 radical (unpaired) electrons. The van der Waals surface area contributed by atoms with E-state index in [1.165, 1.54) is 50.4 Å². The van der Waals surface area contributed by atoms with Gasteiger partial charge in [-0.25, -0.2) is 9.59 Å². The van der Waals surface area contributed by atoms with Crippen LogP contribution in [-0.2, 0) is 41.6 Å². The maximum Gasteiger partial charge on any atom is 0.407 e. The number of benzene rings is 3. The first-order valence-electron chi connectivity index (χ1n) is 19.2. The van der Waals surface area contributed by atoms with Gasteiger partial charge >= 0.3 is 12.1 Å². The molecule has 0 bridgehead atoms. The number of ether oxygens (including phenoxy) is 5. The van der Waals surface area contributed by atoms with Crippen LogP contribution in [0.5, 0.6) is 17.2 Å². The van der Waals surface area contributed by atoms with Crippen LogP contribution >= 0.6 is 11.6 Å². The summed E-state index contributed by atoms with van der Waals surface area (Å²) in [5.41, 5.74) is -4.06. The number of Topliss-reactive ketones (excluding diaryl/α,β-unsaturated/α-hetero) is 1. The lowest BCUT2D eigenvalue weighted by Gasteiger charge is -2.42. The summed E-state index contributed by atoms with van der Waals surface area (Å²) in [5.74, 6) is -5.96. The Bertz CT molecular complexity index is 2340. The maximum atomic E-state index is 14.0. The van der Waals surface area contributed by atoms with Gasteiger partial charge in [-0.15, -0.1) is 0 Å². The van der Waals surface area contributed by atoms with Crippen molar-refractivity contribution in [3.63, 3.8) is 0 Å². The lowest BCUT2D eigenvalue weighted by atomic mass is 9.72. The van der Waals surface area contributed by atoms with E-state index >= 15 is 0 Å². The topological polar surface area (TPSA) is 326 Å². The molecular formula is C41H42ClNO19. The molecule has 62 heavy (non-hydrogen) atoms. The molecular weight excluding hydrogens is 846 g/mol. The van der Waals surface area contributed by atoms with Gasteiger partial charge in [-0.05, 0) is 24.6 Å². The average molecular weight is 888 g/mol. The molecule has 20 nitrogen and oxygen atoms in total. The van der Waals surface area contributed by atoms with E-state index in [4.69, 9.17) is 35.3 Å². The Hall–Kier alpha value is -5.26. The van der Waals surface area contributed by atoms with Crippen LogP contribution in [0, 0.1) is 0 Å². The zero-order valence-corrected chi connectivity index (χ0v) is 33.5. The summed E-state index contributed by atoms with van der Waals surface area (Å²) in [6.45, 7) is -0.0754. The van der Waals surface area contributed by atoms with E-state index in [0.717, 1.165) is 0 Å². The first kappa shape index (κ1) is 44.8. The Morgan fingerprint density at radius 1 is 0.935 bits per heavy atom. The largest absolute Gasteiger partial charge is 0.507 e. The molecule has 2 aliphatic heterocycles. The minimum Gasteiger partial charge on any atom is -0.507 e. The van der Waals surface area contributed by atoms with Crippen molar-refractivity contribution in [3.05, 3.63) is 85.9 Å². The number of nitrogens with one attached hydrogen (secondary N) is 1. The maximum absolute atomic E-state index is 14.0. The van der Waals surface area contributed by atoms with E-state index in [-0.39, 0.29) is 45.0 Å². The molecule has 4 aliphatic rings. The highest BCUT2D eigenvalue weighted by atomic mass is 35.5. The Labute approximate surface area is 355 Å². The third-order valence-corrected chi connectivity index (χ3v) is 12.0. The number of hydrogen-bond donors (Lipinski definition) is 10. The number of ketones is 3. The Kier molecular flexibility index (Phi) is 12.4. The third-order valence-electron chi connectivity index (χ3n) is 11.7. The number of amides is 1. The number of halogens is 1. The molecule has 2 saturated heterocycles. The van der Waals surface area contributed by atoms with E-state index in [1.807, 2.05) is 0 Å². The van der Waals surface area contributed by atoms with Crippen molar-refractivity contribution < 1.29 is 93.6 Å². The van der Waals surface area contributed by atoms with Crippen LogP contribution in [0.15, 0.2) is 36.4 Å². The number of phenolic OH excluding ortho intramolecular Hbond substituents is 2. The van der Waals surface area contributed by atoms with Crippen molar-refractivity contribution in [2.24, 2.45) is 0 Å². The summed E-state index contributed by atoms with van der Waals surface area (Å²) in [7, 11) is 1.28. The second-order valence-corrected chi connectivity index (χ2v) is 15.9. The lowest BCUT2D eigenvalue weighted by Crippen LogP contribution is -2.56. The molecule has 0 unspecified atom stereocenters. The van der Waals surface area contributed by atoms with E-state index in [0.29, 0.717) is 5.56 Å². The molecule has 10 N–H and O–H groups in total. The molecule has 3 aromatic rings. The molecule has 0 saturated carbocycles. The highest BCUT2D eigenvalue weighted by molar-refractivity contribution is 6.32. The number of fused-ring (bicyclic) bond motifs is 3. The molecule has 0 aromatic heterocycles. The summed E-state index contributed by atoms with van der Waals surface area (Å²) >= 11 is 6.40. The number of phenols is 2. The van der Waals surface area contributed by atoms with Crippen molar-refractivity contribution in [2.75, 3.05) is 13.7 Å². The first-order valence-corrected chi connectivity index (χ1v) is 19.6. The van der Waals surface area contributed by atoms with Crippen molar-refractivity contribution in [1.82, 2.24) is 5.32 Å². The number of aromatic hydroxyl groups is 2. The summed E-state index contributed by atoms with van der Waals surface area (Å²) < 4.78 is 28.0. The van der Waals surface area contributed by atoms with Crippen molar-refractivity contribution in [2.45, 2.75) is 99.6 Å². The molecule has 11 atom stereocenters. The van der Waals surface area contributed by atoms with Crippen molar-refractivity contribution in [1.29, 1.82) is 0 Å². The van der Waals surface area contributed by atoms with Crippen LogP contribution in [0.3, 0.4) is 0 Å². The fourth-order valence-electron chi connectivity index (χ4n) is 8.43. The van der Waals surface area contributed by atoms with Crippen LogP contribution in [0.4, 0.5) is 4.79 Å². The number of carbonyl (C=O) groups is 5. The summed E-state index contributed by atoms with van der Waals surface area (Å²) in [4.78, 5) is 65.3. The van der Waals surface area contributed by atoms with Crippen LogP contribution in [-0.4, -0.2) is 144 Å². The monoisotopic (exact) mass is 887 g/mol. The number of rotatable bonds is 10. The van der Waals surface area contributed by atoms with E-state index < -0.39 is 145 Å². The minimum atomic E-state index is -2.41. The standard InChI is InChI=1S/C41H42ClNO19/c1-14-29(46)20(43-40(56)59-13-15-6-7-16(19(42)8-15)37-35(52)34(51)36(53)38(62-37)39(54)55)9-24(60-14)61-22-11-41(57,23(45)12-44)10-18-26(22)33(50)28-27(31(18)48)30(47)17-4-3-5-21(58-2)25(17)32(28)49/h3-8,14,20,22,24,29,34-38,44,46,48,50-53,57H,9-13H2,1-2H3,(H,43,56)(H,54,55)/t14-,20-,22-,24-,29+,34+,35+,36-,37-,38-,41-/m0/s1. The molecule has 1 amide bonds. The van der Waals surface area contributed by atoms with E-state index in [9.17, 15) is 69.9 Å². The van der Waals surface area contributed by atoms with Crippen LogP contribution < -0.4 is 10.1 Å². The fourth-order valence-corrected chi connectivity index (χ4v) is 8.74. The number of alkyl carbamates (subject to hydrolysis) is 1. The quantitative estimate of drug-likeness (QED) is 0.0953. The predicted octanol–water partition coefficient (Wildman–Crippen LogP) is 0.230. The zero-order chi connectivity index (χ0) is 45.1. The second kappa shape index (κ2) is 17.1. The second-order valence-electron chi connectivity index (χ2n) is 15.5. The van der Waals surface area contributed by atoms with Gasteiger partial charge in [0, 0.05) is 46.5 Å². The highest BCUT2D eigenvalue weighted by Gasteiger charge is 2.51. The Balaban J connectivity index is 1.09. The number of aliphatic carboxylic acids is 1. The fraction of sp³-hybridized carbons (Fsp3) is 0.439. The Morgan fingerprint density at radius 2 is 1.65 bits per heavy atom. The normalized spacial score (nSPS) is 30.4. The molecule has 3 aromatic carbocycles. The van der Waals surface area contributed by atoms with Crippen LogP contribution in [0.25, 0.3) is 0 Å². The molecule has 332 valence electrons. The van der Waals surface area contributed by atoms with E-state index in [1.54, 1.807) is 0 Å². The van der Waals surface area contributed by atoms with Gasteiger partial charge in [0.25, 0.3) is 0 Å². The molecule has 2 fully saturated rings. The van der Waals surface area contributed by atoms with Crippen molar-refractivity contribution in [3.8, 4) is 17.2 Å². The van der Waals surface area contributed by atoms with Crippen LogP contribution in [0.2, 0.25) is 5.02 Å². The minimum absolute atomic E-state index is 0.0206. The van der Waals surface area contributed by atoms with Gasteiger partial charge in [-0.3, -0.25) is 14.4 Å². The smallest absolute Gasteiger partial charge is 0.407 e. The van der Waals surface area contributed by atoms with Gasteiger partial charge in [0.15, 0.2) is 24.0 Å². The summed E-state index contributed by atoms with van der Waals surface area (Å²) in [5, 5.41) is 98.2. The number of carboxylic acid groups (broad SMARTS) is 1. The first-order chi connectivity index (χ1) is 29.3. The summed E-state index contributed by atoms with van der Waals surface area (Å²) in [6.07, 6.45) is -16.8.